The summed E-state index contributed by atoms with van der Waals surface area (Å²) in [6.45, 7) is 7.00. The van der Waals surface area contributed by atoms with E-state index in [1.54, 1.807) is 11.8 Å². The van der Waals surface area contributed by atoms with Gasteiger partial charge in [-0.15, -0.1) is 35.5 Å². The number of thioether (sulfide) groups is 1. The Hall–Kier alpha value is -1.54. The largest absolute Gasteiger partial charge is 0.465 e. The summed E-state index contributed by atoms with van der Waals surface area (Å²) < 4.78 is 5.02. The number of benzene rings is 1. The number of thiophene rings is 1. The third kappa shape index (κ3) is 5.34. The number of ether oxygens (including phenoxy) is 1. The van der Waals surface area contributed by atoms with Gasteiger partial charge in [-0.25, -0.2) is 4.79 Å². The van der Waals surface area contributed by atoms with Crippen LogP contribution in [0.1, 0.15) is 51.4 Å². The fraction of sp³-hybridized carbons (Fsp3) is 0.429. The standard InChI is InChI=1S/C21H26N2O3S2.ClH/c1-4-11-23-12-10-14-17(13-23)28-20(18(14)21(25)26-3)22-19(24)15-8-6-7-9-16(15)27-5-2;/h6-9H,4-5,10-13H2,1-3H3,(H,22,24);1H. The summed E-state index contributed by atoms with van der Waals surface area (Å²) in [5.41, 5.74) is 2.17. The normalized spacial score (nSPS) is 13.3. The number of carbonyl (C=O) groups excluding carboxylic acids is 2. The fourth-order valence-electron chi connectivity index (χ4n) is 3.48. The Labute approximate surface area is 186 Å². The predicted octanol–water partition coefficient (Wildman–Crippen LogP) is 5.09. The number of anilines is 1. The van der Waals surface area contributed by atoms with Gasteiger partial charge in [0.15, 0.2) is 0 Å². The van der Waals surface area contributed by atoms with Crippen LogP contribution in [0.4, 0.5) is 5.00 Å². The first-order valence-electron chi connectivity index (χ1n) is 9.57. The molecule has 0 unspecified atom stereocenters. The van der Waals surface area contributed by atoms with Crippen molar-refractivity contribution in [2.45, 2.75) is 38.1 Å². The van der Waals surface area contributed by atoms with Crippen molar-refractivity contribution < 1.29 is 14.3 Å². The average molecular weight is 455 g/mol. The first-order chi connectivity index (χ1) is 13.6. The van der Waals surface area contributed by atoms with Crippen molar-refractivity contribution in [1.82, 2.24) is 4.90 Å². The first kappa shape index (κ1) is 23.7. The zero-order valence-electron chi connectivity index (χ0n) is 16.9. The minimum atomic E-state index is -0.382. The number of carbonyl (C=O) groups is 2. The highest BCUT2D eigenvalue weighted by Gasteiger charge is 2.29. The molecule has 1 N–H and O–H groups in total. The number of amides is 1. The van der Waals surface area contributed by atoms with E-state index in [0.29, 0.717) is 16.1 Å². The van der Waals surface area contributed by atoms with E-state index in [4.69, 9.17) is 4.74 Å². The smallest absolute Gasteiger partial charge is 0.341 e. The van der Waals surface area contributed by atoms with E-state index < -0.39 is 0 Å². The van der Waals surface area contributed by atoms with Gasteiger partial charge in [-0.3, -0.25) is 9.69 Å². The lowest BCUT2D eigenvalue weighted by molar-refractivity contribution is 0.0600. The van der Waals surface area contributed by atoms with Gasteiger partial charge in [-0.2, -0.15) is 0 Å². The van der Waals surface area contributed by atoms with Crippen LogP contribution in [0.3, 0.4) is 0 Å². The number of rotatable bonds is 7. The highest BCUT2D eigenvalue weighted by molar-refractivity contribution is 7.99. The maximum absolute atomic E-state index is 13.0. The molecule has 2 aromatic rings. The molecule has 0 fully saturated rings. The van der Waals surface area contributed by atoms with Crippen LogP contribution in [0.5, 0.6) is 0 Å². The summed E-state index contributed by atoms with van der Waals surface area (Å²) in [7, 11) is 1.39. The van der Waals surface area contributed by atoms with Crippen LogP contribution in [0, 0.1) is 0 Å². The molecule has 0 aliphatic carbocycles. The van der Waals surface area contributed by atoms with Gasteiger partial charge in [0.1, 0.15) is 5.00 Å². The number of nitrogens with one attached hydrogen (secondary N) is 1. The van der Waals surface area contributed by atoms with Gasteiger partial charge in [0, 0.05) is 22.9 Å². The average Bonchev–Trinajstić information content (AvgIpc) is 3.05. The SMILES string of the molecule is CCCN1CCc2c(sc(NC(=O)c3ccccc3SCC)c2C(=O)OC)C1.Cl. The number of esters is 1. The quantitative estimate of drug-likeness (QED) is 0.466. The summed E-state index contributed by atoms with van der Waals surface area (Å²) >= 11 is 3.13. The number of hydrogen-bond acceptors (Lipinski definition) is 6. The molecule has 1 aromatic heterocycles. The molecule has 0 radical (unpaired) electrons. The lowest BCUT2D eigenvalue weighted by Crippen LogP contribution is -2.30. The van der Waals surface area contributed by atoms with E-state index >= 15 is 0 Å². The maximum atomic E-state index is 13.0. The van der Waals surface area contributed by atoms with Gasteiger partial charge in [-0.05, 0) is 42.8 Å². The molecule has 0 saturated heterocycles. The van der Waals surface area contributed by atoms with E-state index in [0.717, 1.165) is 53.6 Å². The topological polar surface area (TPSA) is 58.6 Å². The van der Waals surface area contributed by atoms with Crippen LogP contribution in [0.2, 0.25) is 0 Å². The van der Waals surface area contributed by atoms with Crippen molar-refractivity contribution >= 4 is 52.4 Å². The molecule has 0 bridgehead atoms. The van der Waals surface area contributed by atoms with E-state index in [9.17, 15) is 9.59 Å². The lowest BCUT2D eigenvalue weighted by atomic mass is 10.0. The molecular formula is C21H27ClN2O3S2. The zero-order chi connectivity index (χ0) is 20.1. The first-order valence-corrected chi connectivity index (χ1v) is 11.4. The number of hydrogen-bond donors (Lipinski definition) is 1. The highest BCUT2D eigenvalue weighted by Crippen LogP contribution is 2.38. The van der Waals surface area contributed by atoms with E-state index in [2.05, 4.69) is 24.1 Å². The number of methoxy groups -OCH3 is 1. The Kier molecular flexibility index (Phi) is 9.02. The van der Waals surface area contributed by atoms with Crippen LogP contribution in [0.25, 0.3) is 0 Å². The van der Waals surface area contributed by atoms with E-state index in [-0.39, 0.29) is 24.3 Å². The van der Waals surface area contributed by atoms with Crippen molar-refractivity contribution in [2.75, 3.05) is 31.3 Å². The molecule has 8 heteroatoms. The number of nitrogens with zero attached hydrogens (tertiary/aromatic N) is 1. The fourth-order valence-corrected chi connectivity index (χ4v) is 5.55. The second kappa shape index (κ2) is 11.0. The third-order valence-corrected chi connectivity index (χ3v) is 6.81. The Balaban J connectivity index is 0.00000300. The molecule has 1 aliphatic heterocycles. The summed E-state index contributed by atoms with van der Waals surface area (Å²) in [5, 5.41) is 3.59. The highest BCUT2D eigenvalue weighted by atomic mass is 35.5. The van der Waals surface area contributed by atoms with Crippen molar-refractivity contribution in [3.63, 3.8) is 0 Å². The Morgan fingerprint density at radius 2 is 2.03 bits per heavy atom. The molecule has 0 spiro atoms. The van der Waals surface area contributed by atoms with Gasteiger partial charge >= 0.3 is 5.97 Å². The molecule has 1 amide bonds. The molecule has 0 saturated carbocycles. The monoisotopic (exact) mass is 454 g/mol. The lowest BCUT2D eigenvalue weighted by Gasteiger charge is -2.26. The summed E-state index contributed by atoms with van der Waals surface area (Å²) in [4.78, 5) is 29.9. The molecular weight excluding hydrogens is 428 g/mol. The third-order valence-electron chi connectivity index (χ3n) is 4.72. The second-order valence-corrected chi connectivity index (χ2v) is 9.02. The van der Waals surface area contributed by atoms with Gasteiger partial charge < -0.3 is 10.1 Å². The molecule has 5 nitrogen and oxygen atoms in total. The minimum absolute atomic E-state index is 0. The predicted molar refractivity (Wildman–Crippen MR) is 123 cm³/mol. The molecule has 29 heavy (non-hydrogen) atoms. The Bertz CT molecular complexity index is 870. The van der Waals surface area contributed by atoms with E-state index in [1.165, 1.54) is 18.4 Å². The summed E-state index contributed by atoms with van der Waals surface area (Å²) in [5.74, 6) is 0.316. The van der Waals surface area contributed by atoms with Gasteiger partial charge in [0.25, 0.3) is 5.91 Å². The van der Waals surface area contributed by atoms with Crippen LogP contribution < -0.4 is 5.32 Å². The van der Waals surface area contributed by atoms with Crippen molar-refractivity contribution in [1.29, 1.82) is 0 Å². The van der Waals surface area contributed by atoms with Crippen LogP contribution in [-0.2, 0) is 17.7 Å². The molecule has 158 valence electrons. The number of halogens is 1. The Morgan fingerprint density at radius 1 is 1.28 bits per heavy atom. The van der Waals surface area contributed by atoms with E-state index in [1.807, 2.05) is 24.3 Å². The van der Waals surface area contributed by atoms with Gasteiger partial charge in [0.2, 0.25) is 0 Å². The Morgan fingerprint density at radius 3 is 2.72 bits per heavy atom. The second-order valence-electron chi connectivity index (χ2n) is 6.61. The van der Waals surface area contributed by atoms with Crippen LogP contribution in [-0.4, -0.2) is 42.7 Å². The number of fused-ring (bicyclic) bond motifs is 1. The summed E-state index contributed by atoms with van der Waals surface area (Å²) in [6, 6.07) is 7.56. The minimum Gasteiger partial charge on any atom is -0.465 e. The van der Waals surface area contributed by atoms with Crippen LogP contribution in [0.15, 0.2) is 29.2 Å². The van der Waals surface area contributed by atoms with Crippen LogP contribution >= 0.6 is 35.5 Å². The van der Waals surface area contributed by atoms with Crippen molar-refractivity contribution in [3.8, 4) is 0 Å². The van der Waals surface area contributed by atoms with Gasteiger partial charge in [-0.1, -0.05) is 26.0 Å². The zero-order valence-corrected chi connectivity index (χ0v) is 19.4. The van der Waals surface area contributed by atoms with Gasteiger partial charge in [0.05, 0.1) is 18.2 Å². The molecule has 1 aliphatic rings. The molecule has 0 atom stereocenters. The van der Waals surface area contributed by atoms with Crippen molar-refractivity contribution in [2.24, 2.45) is 0 Å². The molecule has 1 aromatic carbocycles. The molecule has 2 heterocycles. The van der Waals surface area contributed by atoms with Crippen molar-refractivity contribution in [3.05, 3.63) is 45.8 Å². The maximum Gasteiger partial charge on any atom is 0.341 e. The summed E-state index contributed by atoms with van der Waals surface area (Å²) in [6.07, 6.45) is 1.90. The molecule has 3 rings (SSSR count).